The zero-order valence-corrected chi connectivity index (χ0v) is 32.1. The van der Waals surface area contributed by atoms with E-state index in [0.717, 1.165) is 66.1 Å². The fourth-order valence-corrected chi connectivity index (χ4v) is 9.57. The van der Waals surface area contributed by atoms with Crippen LogP contribution in [0.2, 0.25) is 0 Å². The van der Waals surface area contributed by atoms with Gasteiger partial charge in [-0.3, -0.25) is 19.2 Å². The number of para-hydroxylation sites is 2. The second-order valence-electron chi connectivity index (χ2n) is 16.5. The van der Waals surface area contributed by atoms with Crippen LogP contribution < -0.4 is 9.80 Å². The predicted molar refractivity (Wildman–Crippen MR) is 218 cm³/mol. The van der Waals surface area contributed by atoms with Crippen LogP contribution >= 0.6 is 0 Å². The normalized spacial score (nSPS) is 18.6. The molecule has 6 nitrogen and oxygen atoms in total. The summed E-state index contributed by atoms with van der Waals surface area (Å²) in [6, 6.07) is 19.8. The third-order valence-electron chi connectivity index (χ3n) is 12.1. The fourth-order valence-electron chi connectivity index (χ4n) is 9.57. The predicted octanol–water partition coefficient (Wildman–Crippen LogP) is 11.1. The molecule has 9 rings (SSSR count). The number of rotatable bonds is 6. The largest absolute Gasteiger partial charge is 0.273 e. The van der Waals surface area contributed by atoms with Gasteiger partial charge >= 0.3 is 0 Å². The standard InChI is InChI=1S/C48H44N2O4/c1-23(2)27-11-9-12-28(24(3)4)43(27)49-45(51)35-19-15-31-33-17-21-37-42-38(22-18-34(40(33)42)32-16-20-36(46(49)52)41(35)39(31)32)48(54)50(47(37)53)44-29(25(5)6)13-10-14-30(44)26(7)8/h9-26,35,37H,1-8H3. The van der Waals surface area contributed by atoms with Gasteiger partial charge in [0.2, 0.25) is 11.8 Å². The van der Waals surface area contributed by atoms with Crippen molar-refractivity contribution in [1.29, 1.82) is 0 Å². The van der Waals surface area contributed by atoms with Crippen molar-refractivity contribution in [3.63, 3.8) is 0 Å². The van der Waals surface area contributed by atoms with E-state index >= 15 is 0 Å². The molecule has 0 spiro atoms. The summed E-state index contributed by atoms with van der Waals surface area (Å²) in [6.07, 6.45) is 7.89. The van der Waals surface area contributed by atoms with E-state index in [1.807, 2.05) is 85.0 Å². The smallest absolute Gasteiger partial charge is 0.265 e. The average Bonchev–Trinajstić information content (AvgIpc) is 3.15. The minimum Gasteiger partial charge on any atom is -0.273 e. The SMILES string of the molecule is CC(C)c1cccc(C(C)C)c1N1C(=O)c2ccc3c4c(c5c6c7c(ccc63)C(=O)N(c3c(C(C)C)cccc3C(C)C)C(=O)C7C=C5)C=CC(C1=O)c24. The first-order valence-corrected chi connectivity index (χ1v) is 19.3. The molecule has 2 aliphatic carbocycles. The Labute approximate surface area is 316 Å². The van der Waals surface area contributed by atoms with Crippen LogP contribution in [-0.4, -0.2) is 23.6 Å². The van der Waals surface area contributed by atoms with Gasteiger partial charge in [-0.05, 0) is 102 Å². The molecule has 0 aromatic heterocycles. The van der Waals surface area contributed by atoms with Crippen molar-refractivity contribution in [3.05, 3.63) is 128 Å². The molecule has 0 radical (unpaired) electrons. The lowest BCUT2D eigenvalue weighted by Crippen LogP contribution is -2.46. The summed E-state index contributed by atoms with van der Waals surface area (Å²) in [7, 11) is 0. The number of hydrogen-bond donors (Lipinski definition) is 0. The lowest BCUT2D eigenvalue weighted by Gasteiger charge is -2.38. The molecule has 2 atom stereocenters. The molecule has 4 aliphatic rings. The maximum absolute atomic E-state index is 14.7. The van der Waals surface area contributed by atoms with E-state index in [4.69, 9.17) is 0 Å². The van der Waals surface area contributed by atoms with Crippen molar-refractivity contribution < 1.29 is 19.2 Å². The zero-order chi connectivity index (χ0) is 38.1. The lowest BCUT2D eigenvalue weighted by atomic mass is 9.72. The highest BCUT2D eigenvalue weighted by Gasteiger charge is 2.46. The van der Waals surface area contributed by atoms with Gasteiger partial charge in [0.05, 0.1) is 23.2 Å². The minimum absolute atomic E-state index is 0.111. The van der Waals surface area contributed by atoms with Crippen molar-refractivity contribution in [2.75, 3.05) is 9.80 Å². The number of carbonyl (C=O) groups excluding carboxylic acids is 4. The van der Waals surface area contributed by atoms with Gasteiger partial charge in [-0.15, -0.1) is 0 Å². The number of anilines is 2. The van der Waals surface area contributed by atoms with Gasteiger partial charge in [-0.2, -0.15) is 0 Å². The summed E-state index contributed by atoms with van der Waals surface area (Å²) in [5.41, 5.74) is 9.65. The van der Waals surface area contributed by atoms with Crippen LogP contribution in [-0.2, 0) is 9.59 Å². The number of imide groups is 2. The van der Waals surface area contributed by atoms with Crippen LogP contribution in [0, 0.1) is 0 Å². The quantitative estimate of drug-likeness (QED) is 0.130. The molecular weight excluding hydrogens is 669 g/mol. The Hall–Kier alpha value is -5.62. The van der Waals surface area contributed by atoms with E-state index in [9.17, 15) is 19.2 Å². The van der Waals surface area contributed by atoms with Crippen molar-refractivity contribution in [2.45, 2.75) is 90.9 Å². The van der Waals surface area contributed by atoms with E-state index < -0.39 is 11.8 Å². The maximum atomic E-state index is 14.7. The Bertz CT molecular complexity index is 2390. The van der Waals surface area contributed by atoms with Gasteiger partial charge in [0.1, 0.15) is 0 Å². The minimum atomic E-state index is -0.635. The van der Waals surface area contributed by atoms with Crippen LogP contribution in [0.1, 0.15) is 156 Å². The van der Waals surface area contributed by atoms with Crippen LogP contribution in [0.4, 0.5) is 11.4 Å². The number of nitrogens with zero attached hydrogens (tertiary/aromatic N) is 2. The number of amides is 4. The molecule has 4 amide bonds. The summed E-state index contributed by atoms with van der Waals surface area (Å²) >= 11 is 0. The molecule has 0 saturated heterocycles. The van der Waals surface area contributed by atoms with Gasteiger partial charge < -0.3 is 0 Å². The molecule has 6 heteroatoms. The third kappa shape index (κ3) is 4.46. The van der Waals surface area contributed by atoms with Crippen molar-refractivity contribution in [2.24, 2.45) is 0 Å². The highest BCUT2D eigenvalue weighted by atomic mass is 16.2. The average molecular weight is 713 g/mol. The summed E-state index contributed by atoms with van der Waals surface area (Å²) in [5.74, 6) is -1.93. The second kappa shape index (κ2) is 11.9. The Morgan fingerprint density at radius 2 is 0.796 bits per heavy atom. The van der Waals surface area contributed by atoms with Gasteiger partial charge in [0, 0.05) is 11.1 Å². The Kier molecular flexibility index (Phi) is 7.56. The Balaban J connectivity index is 1.26. The monoisotopic (exact) mass is 712 g/mol. The van der Waals surface area contributed by atoms with E-state index in [1.54, 1.807) is 0 Å². The van der Waals surface area contributed by atoms with Gasteiger partial charge in [0.25, 0.3) is 11.8 Å². The molecule has 2 unspecified atom stereocenters. The maximum Gasteiger partial charge on any atom is 0.265 e. The van der Waals surface area contributed by atoms with Gasteiger partial charge in [0.15, 0.2) is 0 Å². The fraction of sp³-hybridized carbons (Fsp3) is 0.292. The summed E-state index contributed by atoms with van der Waals surface area (Å²) in [4.78, 5) is 61.6. The van der Waals surface area contributed by atoms with E-state index in [2.05, 4.69) is 55.4 Å². The summed E-state index contributed by atoms with van der Waals surface area (Å²) < 4.78 is 0. The topological polar surface area (TPSA) is 74.8 Å². The van der Waals surface area contributed by atoms with Crippen LogP contribution in [0.15, 0.2) is 72.8 Å². The first kappa shape index (κ1) is 34.2. The van der Waals surface area contributed by atoms with Gasteiger partial charge in [-0.1, -0.05) is 128 Å². The molecule has 54 heavy (non-hydrogen) atoms. The van der Waals surface area contributed by atoms with Crippen molar-refractivity contribution >= 4 is 68.7 Å². The molecule has 0 fully saturated rings. The second-order valence-corrected chi connectivity index (χ2v) is 16.5. The highest BCUT2D eigenvalue weighted by molar-refractivity contribution is 6.34. The molecule has 0 saturated carbocycles. The molecule has 0 bridgehead atoms. The van der Waals surface area contributed by atoms with E-state index in [-0.39, 0.29) is 47.3 Å². The van der Waals surface area contributed by atoms with E-state index in [0.29, 0.717) is 22.5 Å². The van der Waals surface area contributed by atoms with Crippen LogP contribution in [0.3, 0.4) is 0 Å². The van der Waals surface area contributed by atoms with Gasteiger partial charge in [-0.25, -0.2) is 9.80 Å². The zero-order valence-electron chi connectivity index (χ0n) is 32.1. The molecule has 0 N–H and O–H groups in total. The molecule has 5 aromatic rings. The lowest BCUT2D eigenvalue weighted by molar-refractivity contribution is -0.119. The number of hydrogen-bond acceptors (Lipinski definition) is 4. The molecular formula is C48H44N2O4. The highest BCUT2D eigenvalue weighted by Crippen LogP contribution is 2.52. The number of benzene rings is 5. The Morgan fingerprint density at radius 1 is 0.463 bits per heavy atom. The summed E-state index contributed by atoms with van der Waals surface area (Å²) in [6.45, 7) is 16.7. The van der Waals surface area contributed by atoms with Crippen molar-refractivity contribution in [1.82, 2.24) is 0 Å². The van der Waals surface area contributed by atoms with E-state index in [1.165, 1.54) is 9.80 Å². The molecule has 5 aromatic carbocycles. The Morgan fingerprint density at radius 3 is 1.11 bits per heavy atom. The third-order valence-corrected chi connectivity index (χ3v) is 12.1. The van der Waals surface area contributed by atoms with Crippen LogP contribution in [0.5, 0.6) is 0 Å². The summed E-state index contributed by atoms with van der Waals surface area (Å²) in [5, 5.41) is 3.58. The molecule has 270 valence electrons. The van der Waals surface area contributed by atoms with Crippen LogP contribution in [0.25, 0.3) is 33.7 Å². The first-order valence-electron chi connectivity index (χ1n) is 19.3. The molecule has 2 heterocycles. The van der Waals surface area contributed by atoms with Crippen molar-refractivity contribution in [3.8, 4) is 0 Å². The number of fused-ring (bicyclic) bond motifs is 2. The first-order chi connectivity index (χ1) is 25.8. The molecule has 2 aliphatic heterocycles. The number of carbonyl (C=O) groups is 4.